The lowest BCUT2D eigenvalue weighted by atomic mass is 10.2. The third kappa shape index (κ3) is 2.02. The van der Waals surface area contributed by atoms with Crippen molar-refractivity contribution in [3.05, 3.63) is 29.6 Å². The molecule has 2 rings (SSSR count). The number of benzene rings is 1. The second-order valence-corrected chi connectivity index (χ2v) is 4.03. The Hall–Kier alpha value is -1.84. The van der Waals surface area contributed by atoms with E-state index in [1.54, 1.807) is 18.2 Å². The zero-order valence-corrected chi connectivity index (χ0v) is 10.1. The van der Waals surface area contributed by atoms with Gasteiger partial charge in [-0.05, 0) is 31.5 Å². The summed E-state index contributed by atoms with van der Waals surface area (Å²) in [6.07, 6.45) is 1.96. The van der Waals surface area contributed by atoms with Crippen LogP contribution in [0.25, 0.3) is 11.0 Å². The molecule has 0 bridgehead atoms. The molecule has 90 valence electrons. The number of hydrogen-bond donors (Lipinski definition) is 1. The molecule has 0 unspecified atom stereocenters. The highest BCUT2D eigenvalue weighted by Gasteiger charge is 2.11. The van der Waals surface area contributed by atoms with E-state index in [-0.39, 0.29) is 0 Å². The van der Waals surface area contributed by atoms with Crippen LogP contribution in [0, 0.1) is 0 Å². The zero-order chi connectivity index (χ0) is 12.4. The number of hydrogen-bond acceptors (Lipinski definition) is 2. The molecule has 0 saturated heterocycles. The second kappa shape index (κ2) is 4.57. The number of imidazole rings is 1. The van der Waals surface area contributed by atoms with Crippen LogP contribution in [0.3, 0.4) is 0 Å². The van der Waals surface area contributed by atoms with Crippen LogP contribution >= 0.6 is 0 Å². The molecule has 0 atom stereocenters. The summed E-state index contributed by atoms with van der Waals surface area (Å²) in [5, 5.41) is 8.99. The van der Waals surface area contributed by atoms with Crippen LogP contribution in [0.1, 0.15) is 36.5 Å². The van der Waals surface area contributed by atoms with Crippen molar-refractivity contribution in [1.29, 1.82) is 0 Å². The van der Waals surface area contributed by atoms with Crippen LogP contribution in [-0.2, 0) is 13.0 Å². The lowest BCUT2D eigenvalue weighted by molar-refractivity contribution is 0.0697. The van der Waals surface area contributed by atoms with E-state index in [1.165, 1.54) is 0 Å². The molecule has 4 nitrogen and oxygen atoms in total. The molecule has 0 fully saturated rings. The molecule has 17 heavy (non-hydrogen) atoms. The first-order valence-corrected chi connectivity index (χ1v) is 5.89. The molecule has 0 aliphatic rings. The zero-order valence-electron chi connectivity index (χ0n) is 10.1. The molecular formula is C13H16N2O2. The van der Waals surface area contributed by atoms with E-state index < -0.39 is 5.97 Å². The lowest BCUT2D eigenvalue weighted by Crippen LogP contribution is -2.02. The summed E-state index contributed by atoms with van der Waals surface area (Å²) in [5.41, 5.74) is 2.10. The van der Waals surface area contributed by atoms with Crippen LogP contribution in [0.2, 0.25) is 0 Å². The molecule has 0 aliphatic heterocycles. The van der Waals surface area contributed by atoms with E-state index >= 15 is 0 Å². The molecule has 0 radical (unpaired) electrons. The molecule has 1 N–H and O–H groups in total. The molecule has 0 spiro atoms. The molecule has 1 heterocycles. The van der Waals surface area contributed by atoms with Crippen molar-refractivity contribution in [2.75, 3.05) is 0 Å². The van der Waals surface area contributed by atoms with Gasteiger partial charge >= 0.3 is 5.97 Å². The first kappa shape index (κ1) is 11.6. The van der Waals surface area contributed by atoms with Gasteiger partial charge in [-0.1, -0.05) is 6.92 Å². The normalized spacial score (nSPS) is 10.9. The Kier molecular flexibility index (Phi) is 3.13. The van der Waals surface area contributed by atoms with Gasteiger partial charge in [-0.2, -0.15) is 0 Å². The lowest BCUT2D eigenvalue weighted by Gasteiger charge is -2.04. The maximum atomic E-state index is 10.9. The first-order valence-electron chi connectivity index (χ1n) is 5.89. The highest BCUT2D eigenvalue weighted by Crippen LogP contribution is 2.19. The average molecular weight is 232 g/mol. The molecule has 4 heteroatoms. The highest BCUT2D eigenvalue weighted by atomic mass is 16.4. The number of aromatic carboxylic acids is 1. The van der Waals surface area contributed by atoms with E-state index in [2.05, 4.69) is 16.5 Å². The average Bonchev–Trinajstić information content (AvgIpc) is 2.65. The topological polar surface area (TPSA) is 55.1 Å². The summed E-state index contributed by atoms with van der Waals surface area (Å²) < 4.78 is 2.09. The summed E-state index contributed by atoms with van der Waals surface area (Å²) in [6, 6.07) is 5.09. The number of carboxylic acids is 1. The Morgan fingerprint density at radius 3 is 2.76 bits per heavy atom. The van der Waals surface area contributed by atoms with E-state index in [0.717, 1.165) is 36.2 Å². The molecule has 1 aromatic carbocycles. The minimum absolute atomic E-state index is 0.315. The standard InChI is InChI=1S/C13H16N2O2/c1-3-5-12-14-10-7-6-9(13(16)17)8-11(10)15(12)4-2/h6-8H,3-5H2,1-2H3,(H,16,17). The van der Waals surface area contributed by atoms with Gasteiger partial charge in [0.1, 0.15) is 5.82 Å². The summed E-state index contributed by atoms with van der Waals surface area (Å²) in [4.78, 5) is 15.5. The number of fused-ring (bicyclic) bond motifs is 1. The number of carboxylic acid groups (broad SMARTS) is 1. The number of carbonyl (C=O) groups is 1. The third-order valence-electron chi connectivity index (χ3n) is 2.86. The number of aryl methyl sites for hydroxylation is 2. The highest BCUT2D eigenvalue weighted by molar-refractivity contribution is 5.92. The molecule has 0 amide bonds. The molecule has 1 aromatic heterocycles. The fourth-order valence-corrected chi connectivity index (χ4v) is 2.07. The van der Waals surface area contributed by atoms with Crippen molar-refractivity contribution < 1.29 is 9.90 Å². The quantitative estimate of drug-likeness (QED) is 0.881. The first-order chi connectivity index (χ1) is 8.17. The Bertz CT molecular complexity index is 558. The van der Waals surface area contributed by atoms with Crippen molar-refractivity contribution in [1.82, 2.24) is 9.55 Å². The Balaban J connectivity index is 2.62. The van der Waals surface area contributed by atoms with Crippen molar-refractivity contribution in [2.24, 2.45) is 0 Å². The maximum absolute atomic E-state index is 10.9. The Morgan fingerprint density at radius 1 is 1.41 bits per heavy atom. The molecule has 0 saturated carbocycles. The fraction of sp³-hybridized carbons (Fsp3) is 0.385. The van der Waals surface area contributed by atoms with E-state index in [0.29, 0.717) is 5.56 Å². The third-order valence-corrected chi connectivity index (χ3v) is 2.86. The molecule has 2 aromatic rings. The van der Waals surface area contributed by atoms with E-state index in [9.17, 15) is 4.79 Å². The van der Waals surface area contributed by atoms with Crippen LogP contribution in [0.15, 0.2) is 18.2 Å². The molecule has 0 aliphatic carbocycles. The van der Waals surface area contributed by atoms with Crippen molar-refractivity contribution in [2.45, 2.75) is 33.2 Å². The summed E-state index contributed by atoms with van der Waals surface area (Å²) >= 11 is 0. The van der Waals surface area contributed by atoms with E-state index in [1.807, 2.05) is 6.92 Å². The number of aromatic nitrogens is 2. The summed E-state index contributed by atoms with van der Waals surface area (Å²) in [5.74, 6) is 0.139. The monoisotopic (exact) mass is 232 g/mol. The van der Waals surface area contributed by atoms with Crippen molar-refractivity contribution >= 4 is 17.0 Å². The van der Waals surface area contributed by atoms with Gasteiger partial charge in [0.2, 0.25) is 0 Å². The van der Waals surface area contributed by atoms with Gasteiger partial charge in [-0.15, -0.1) is 0 Å². The Labute approximate surface area is 99.9 Å². The minimum Gasteiger partial charge on any atom is -0.478 e. The van der Waals surface area contributed by atoms with Crippen LogP contribution in [0.4, 0.5) is 0 Å². The largest absolute Gasteiger partial charge is 0.478 e. The van der Waals surface area contributed by atoms with Gasteiger partial charge in [-0.3, -0.25) is 0 Å². The van der Waals surface area contributed by atoms with Gasteiger partial charge in [-0.25, -0.2) is 9.78 Å². The van der Waals surface area contributed by atoms with Crippen LogP contribution < -0.4 is 0 Å². The van der Waals surface area contributed by atoms with Gasteiger partial charge in [0.15, 0.2) is 0 Å². The minimum atomic E-state index is -0.896. The number of rotatable bonds is 4. The van der Waals surface area contributed by atoms with Gasteiger partial charge in [0.25, 0.3) is 0 Å². The van der Waals surface area contributed by atoms with Crippen molar-refractivity contribution in [3.63, 3.8) is 0 Å². The molecular weight excluding hydrogens is 216 g/mol. The van der Waals surface area contributed by atoms with Gasteiger partial charge < -0.3 is 9.67 Å². The number of nitrogens with zero attached hydrogens (tertiary/aromatic N) is 2. The van der Waals surface area contributed by atoms with Crippen LogP contribution in [0.5, 0.6) is 0 Å². The predicted octanol–water partition coefficient (Wildman–Crippen LogP) is 2.71. The van der Waals surface area contributed by atoms with Crippen LogP contribution in [-0.4, -0.2) is 20.6 Å². The maximum Gasteiger partial charge on any atom is 0.335 e. The predicted molar refractivity (Wildman–Crippen MR) is 66.4 cm³/mol. The smallest absolute Gasteiger partial charge is 0.335 e. The van der Waals surface area contributed by atoms with Gasteiger partial charge in [0, 0.05) is 13.0 Å². The second-order valence-electron chi connectivity index (χ2n) is 4.03. The van der Waals surface area contributed by atoms with Crippen molar-refractivity contribution in [3.8, 4) is 0 Å². The fourth-order valence-electron chi connectivity index (χ4n) is 2.07. The van der Waals surface area contributed by atoms with Gasteiger partial charge in [0.05, 0.1) is 16.6 Å². The Morgan fingerprint density at radius 2 is 2.18 bits per heavy atom. The SMILES string of the molecule is CCCc1nc2ccc(C(=O)O)cc2n1CC. The van der Waals surface area contributed by atoms with E-state index in [4.69, 9.17) is 5.11 Å². The summed E-state index contributed by atoms with van der Waals surface area (Å²) in [6.45, 7) is 4.98. The summed E-state index contributed by atoms with van der Waals surface area (Å²) in [7, 11) is 0.